The molecule has 0 radical (unpaired) electrons. The van der Waals surface area contributed by atoms with Crippen LogP contribution < -0.4 is 0 Å². The normalized spacial score (nSPS) is 18.6. The molecular weight excluding hydrogens is 296 g/mol. The summed E-state index contributed by atoms with van der Waals surface area (Å²) in [7, 11) is 0. The van der Waals surface area contributed by atoms with E-state index in [9.17, 15) is 14.9 Å². The lowest BCUT2D eigenvalue weighted by molar-refractivity contribution is -0.384. The van der Waals surface area contributed by atoms with Gasteiger partial charge in [-0.2, -0.15) is 0 Å². The van der Waals surface area contributed by atoms with Crippen LogP contribution >= 0.6 is 11.6 Å². The molecule has 21 heavy (non-hydrogen) atoms. The highest BCUT2D eigenvalue weighted by Crippen LogP contribution is 2.27. The number of nitro groups is 1. The minimum atomic E-state index is -0.546. The maximum Gasteiger partial charge on any atom is 0.270 e. The van der Waals surface area contributed by atoms with E-state index in [0.29, 0.717) is 13.0 Å². The fraction of sp³-hybridized carbons (Fsp3) is 0.500. The van der Waals surface area contributed by atoms with Gasteiger partial charge in [-0.1, -0.05) is 11.6 Å². The molecule has 0 saturated carbocycles. The molecule has 1 aliphatic heterocycles. The number of carbonyl (C=O) groups excluding carboxylic acids is 1. The predicted octanol–water partition coefficient (Wildman–Crippen LogP) is 2.63. The van der Waals surface area contributed by atoms with Crippen LogP contribution in [0.15, 0.2) is 18.2 Å². The number of carbonyl (C=O) groups is 1. The maximum atomic E-state index is 12.6. The Morgan fingerprint density at radius 1 is 1.48 bits per heavy atom. The van der Waals surface area contributed by atoms with Gasteiger partial charge in [0.05, 0.1) is 15.5 Å². The van der Waals surface area contributed by atoms with E-state index in [4.69, 9.17) is 16.7 Å². The lowest BCUT2D eigenvalue weighted by Crippen LogP contribution is -2.44. The van der Waals surface area contributed by atoms with Crippen LogP contribution in [0.5, 0.6) is 0 Å². The average molecular weight is 313 g/mol. The van der Waals surface area contributed by atoms with Crippen molar-refractivity contribution in [2.24, 2.45) is 0 Å². The number of halogens is 1. The van der Waals surface area contributed by atoms with Crippen LogP contribution in [-0.4, -0.2) is 40.0 Å². The molecule has 0 bridgehead atoms. The molecule has 0 spiro atoms. The third-order valence-electron chi connectivity index (χ3n) is 3.74. The number of non-ortho nitro benzene ring substituents is 1. The number of likely N-dealkylation sites (tertiary alicyclic amines) is 1. The summed E-state index contributed by atoms with van der Waals surface area (Å²) in [4.78, 5) is 24.4. The molecule has 2 rings (SSSR count). The number of aliphatic hydroxyl groups excluding tert-OH is 1. The van der Waals surface area contributed by atoms with Crippen molar-refractivity contribution in [3.05, 3.63) is 38.9 Å². The number of rotatable bonds is 4. The van der Waals surface area contributed by atoms with Gasteiger partial charge in [0, 0.05) is 31.3 Å². The number of benzene rings is 1. The van der Waals surface area contributed by atoms with E-state index in [1.807, 2.05) is 0 Å². The Balaban J connectivity index is 2.23. The van der Waals surface area contributed by atoms with Crippen LogP contribution in [0.25, 0.3) is 0 Å². The van der Waals surface area contributed by atoms with Crippen molar-refractivity contribution in [2.45, 2.75) is 31.7 Å². The Morgan fingerprint density at radius 2 is 2.24 bits per heavy atom. The summed E-state index contributed by atoms with van der Waals surface area (Å²) in [6, 6.07) is 3.87. The predicted molar refractivity (Wildman–Crippen MR) is 78.5 cm³/mol. The van der Waals surface area contributed by atoms with Crippen LogP contribution in [0.4, 0.5) is 5.69 Å². The lowest BCUT2D eigenvalue weighted by atomic mass is 9.98. The van der Waals surface area contributed by atoms with E-state index in [-0.39, 0.29) is 34.8 Å². The summed E-state index contributed by atoms with van der Waals surface area (Å²) in [5, 5.41) is 19.9. The molecule has 1 unspecified atom stereocenters. The highest BCUT2D eigenvalue weighted by molar-refractivity contribution is 6.34. The summed E-state index contributed by atoms with van der Waals surface area (Å²) in [6.07, 6.45) is 3.34. The van der Waals surface area contributed by atoms with E-state index in [1.165, 1.54) is 18.2 Å². The summed E-state index contributed by atoms with van der Waals surface area (Å²) >= 11 is 6.01. The van der Waals surface area contributed by atoms with Gasteiger partial charge in [0.15, 0.2) is 0 Å². The summed E-state index contributed by atoms with van der Waals surface area (Å²) in [6.45, 7) is 0.652. The topological polar surface area (TPSA) is 83.7 Å². The molecule has 1 aliphatic rings. The number of nitrogens with zero attached hydrogens (tertiary/aromatic N) is 2. The van der Waals surface area contributed by atoms with E-state index in [2.05, 4.69) is 0 Å². The molecule has 1 N–H and O–H groups in total. The minimum absolute atomic E-state index is 0.00232. The van der Waals surface area contributed by atoms with Gasteiger partial charge in [-0.25, -0.2) is 0 Å². The molecule has 0 aromatic heterocycles. The molecule has 1 atom stereocenters. The van der Waals surface area contributed by atoms with E-state index in [1.54, 1.807) is 4.90 Å². The average Bonchev–Trinajstić information content (AvgIpc) is 2.47. The molecule has 1 heterocycles. The van der Waals surface area contributed by atoms with Crippen molar-refractivity contribution in [1.29, 1.82) is 0 Å². The zero-order valence-corrected chi connectivity index (χ0v) is 12.3. The van der Waals surface area contributed by atoms with Crippen molar-refractivity contribution in [2.75, 3.05) is 13.2 Å². The van der Waals surface area contributed by atoms with Crippen molar-refractivity contribution >= 4 is 23.2 Å². The maximum absolute atomic E-state index is 12.6. The molecule has 1 aromatic rings. The second-order valence-electron chi connectivity index (χ2n) is 5.08. The van der Waals surface area contributed by atoms with E-state index in [0.717, 1.165) is 19.3 Å². The molecule has 1 amide bonds. The van der Waals surface area contributed by atoms with Gasteiger partial charge in [-0.05, 0) is 31.7 Å². The quantitative estimate of drug-likeness (QED) is 0.684. The third kappa shape index (κ3) is 3.51. The van der Waals surface area contributed by atoms with E-state index >= 15 is 0 Å². The Hall–Kier alpha value is -1.66. The van der Waals surface area contributed by atoms with Gasteiger partial charge in [-0.15, -0.1) is 0 Å². The van der Waals surface area contributed by atoms with Crippen LogP contribution in [0.3, 0.4) is 0 Å². The van der Waals surface area contributed by atoms with Crippen molar-refractivity contribution in [3.63, 3.8) is 0 Å². The second kappa shape index (κ2) is 6.87. The largest absolute Gasteiger partial charge is 0.396 e. The number of hydrogen-bond acceptors (Lipinski definition) is 4. The standard InChI is InChI=1S/C14H17ClN2O4/c15-13-9-11(17(20)21)4-5-12(13)14(19)16-7-2-1-3-10(16)6-8-18/h4-5,9-10,18H,1-3,6-8H2. The fourth-order valence-corrected chi connectivity index (χ4v) is 2.92. The molecule has 7 heteroatoms. The smallest absolute Gasteiger partial charge is 0.270 e. The first-order chi connectivity index (χ1) is 10.0. The lowest BCUT2D eigenvalue weighted by Gasteiger charge is -2.35. The molecule has 114 valence electrons. The van der Waals surface area contributed by atoms with Crippen molar-refractivity contribution < 1.29 is 14.8 Å². The first-order valence-corrected chi connectivity index (χ1v) is 7.28. The minimum Gasteiger partial charge on any atom is -0.396 e. The Labute approximate surface area is 127 Å². The highest BCUT2D eigenvalue weighted by Gasteiger charge is 2.28. The van der Waals surface area contributed by atoms with Gasteiger partial charge in [-0.3, -0.25) is 14.9 Å². The van der Waals surface area contributed by atoms with Gasteiger partial charge in [0.2, 0.25) is 0 Å². The van der Waals surface area contributed by atoms with Gasteiger partial charge < -0.3 is 10.0 Å². The van der Waals surface area contributed by atoms with Gasteiger partial charge >= 0.3 is 0 Å². The third-order valence-corrected chi connectivity index (χ3v) is 4.06. The van der Waals surface area contributed by atoms with Gasteiger partial charge in [0.1, 0.15) is 0 Å². The summed E-state index contributed by atoms with van der Waals surface area (Å²) in [5.74, 6) is -0.229. The summed E-state index contributed by atoms with van der Waals surface area (Å²) in [5.41, 5.74) is 0.134. The van der Waals surface area contributed by atoms with Crippen LogP contribution in [0.1, 0.15) is 36.0 Å². The zero-order chi connectivity index (χ0) is 15.4. The highest BCUT2D eigenvalue weighted by atomic mass is 35.5. The number of nitro benzene ring substituents is 1. The number of hydrogen-bond donors (Lipinski definition) is 1. The monoisotopic (exact) mass is 312 g/mol. The van der Waals surface area contributed by atoms with Crippen molar-refractivity contribution in [1.82, 2.24) is 4.90 Å². The number of piperidine rings is 1. The van der Waals surface area contributed by atoms with Crippen LogP contribution in [0.2, 0.25) is 5.02 Å². The number of amides is 1. The fourth-order valence-electron chi connectivity index (χ4n) is 2.66. The molecule has 6 nitrogen and oxygen atoms in total. The number of aliphatic hydroxyl groups is 1. The van der Waals surface area contributed by atoms with Crippen LogP contribution in [-0.2, 0) is 0 Å². The zero-order valence-electron chi connectivity index (χ0n) is 11.5. The molecule has 1 saturated heterocycles. The molecule has 1 aromatic carbocycles. The Morgan fingerprint density at radius 3 is 2.86 bits per heavy atom. The first kappa shape index (κ1) is 15.7. The van der Waals surface area contributed by atoms with Crippen molar-refractivity contribution in [3.8, 4) is 0 Å². The summed E-state index contributed by atoms with van der Waals surface area (Å²) < 4.78 is 0. The molecule has 1 fully saturated rings. The van der Waals surface area contributed by atoms with Gasteiger partial charge in [0.25, 0.3) is 11.6 Å². The molecular formula is C14H17ClN2O4. The second-order valence-corrected chi connectivity index (χ2v) is 5.49. The first-order valence-electron chi connectivity index (χ1n) is 6.90. The Bertz CT molecular complexity index is 548. The SMILES string of the molecule is O=C(c1ccc([N+](=O)[O-])cc1Cl)N1CCCCC1CCO. The molecule has 0 aliphatic carbocycles. The van der Waals surface area contributed by atoms with Crippen LogP contribution in [0, 0.1) is 10.1 Å². The Kier molecular flexibility index (Phi) is 5.14. The van der Waals surface area contributed by atoms with E-state index < -0.39 is 4.92 Å².